The number of rotatable bonds is 6. The van der Waals surface area contributed by atoms with Crippen LogP contribution < -0.4 is 5.32 Å². The molecule has 20 heavy (non-hydrogen) atoms. The molecule has 0 aliphatic rings. The normalized spacial score (nSPS) is 10.8. The van der Waals surface area contributed by atoms with E-state index >= 15 is 0 Å². The highest BCUT2D eigenvalue weighted by Crippen LogP contribution is 2.28. The fourth-order valence-electron chi connectivity index (χ4n) is 1.60. The Morgan fingerprint density at radius 1 is 1.20 bits per heavy atom. The summed E-state index contributed by atoms with van der Waals surface area (Å²) in [6.07, 6.45) is 1.87. The molecule has 0 amide bonds. The molecule has 5 nitrogen and oxygen atoms in total. The summed E-state index contributed by atoms with van der Waals surface area (Å²) in [5.74, 6) is 2.54. The summed E-state index contributed by atoms with van der Waals surface area (Å²) in [6.45, 7) is 8.93. The standard InChI is InChI=1S/C14H20N4OS/c1-5-7-15-12-8-13(18-11(6-2)17-12)20-14-16-9(3)10(4)19-14/h8H,5-7H2,1-4H3,(H,15,17,18). The van der Waals surface area contributed by atoms with Crippen molar-refractivity contribution in [1.29, 1.82) is 0 Å². The third kappa shape index (κ3) is 3.72. The summed E-state index contributed by atoms with van der Waals surface area (Å²) >= 11 is 1.43. The molecule has 0 bridgehead atoms. The van der Waals surface area contributed by atoms with Crippen LogP contribution in [-0.2, 0) is 6.42 Å². The quantitative estimate of drug-likeness (QED) is 0.820. The van der Waals surface area contributed by atoms with Gasteiger partial charge >= 0.3 is 0 Å². The lowest BCUT2D eigenvalue weighted by molar-refractivity contribution is 0.431. The SMILES string of the molecule is CCCNc1cc(Sc2nc(C)c(C)o2)nc(CC)n1. The second kappa shape index (κ2) is 6.74. The molecule has 0 fully saturated rings. The van der Waals surface area contributed by atoms with Crippen LogP contribution in [0.1, 0.15) is 37.5 Å². The Labute approximate surface area is 123 Å². The van der Waals surface area contributed by atoms with Crippen molar-refractivity contribution < 1.29 is 4.42 Å². The minimum Gasteiger partial charge on any atom is -0.436 e. The molecule has 0 atom stereocenters. The molecule has 0 unspecified atom stereocenters. The van der Waals surface area contributed by atoms with Gasteiger partial charge in [0.1, 0.15) is 22.4 Å². The van der Waals surface area contributed by atoms with Gasteiger partial charge in [0.2, 0.25) is 0 Å². The minimum absolute atomic E-state index is 0.627. The predicted molar refractivity (Wildman–Crippen MR) is 80.3 cm³/mol. The van der Waals surface area contributed by atoms with Crippen molar-refractivity contribution in [2.75, 3.05) is 11.9 Å². The van der Waals surface area contributed by atoms with Crippen LogP contribution in [0.3, 0.4) is 0 Å². The number of hydrogen-bond donors (Lipinski definition) is 1. The lowest BCUT2D eigenvalue weighted by Crippen LogP contribution is -2.05. The van der Waals surface area contributed by atoms with E-state index in [1.807, 2.05) is 26.8 Å². The van der Waals surface area contributed by atoms with Crippen molar-refractivity contribution in [3.05, 3.63) is 23.3 Å². The predicted octanol–water partition coefficient (Wildman–Crippen LogP) is 3.62. The van der Waals surface area contributed by atoms with E-state index in [0.717, 1.165) is 47.5 Å². The van der Waals surface area contributed by atoms with Gasteiger partial charge in [0, 0.05) is 19.0 Å². The average Bonchev–Trinajstić information content (AvgIpc) is 2.74. The second-order valence-corrected chi connectivity index (χ2v) is 5.48. The van der Waals surface area contributed by atoms with Gasteiger partial charge in [0.25, 0.3) is 5.22 Å². The maximum Gasteiger partial charge on any atom is 0.262 e. The average molecular weight is 292 g/mol. The van der Waals surface area contributed by atoms with Crippen molar-refractivity contribution in [2.45, 2.75) is 50.8 Å². The zero-order valence-electron chi connectivity index (χ0n) is 12.4. The molecule has 0 radical (unpaired) electrons. The summed E-state index contributed by atoms with van der Waals surface area (Å²) < 4.78 is 5.58. The number of anilines is 1. The van der Waals surface area contributed by atoms with E-state index in [-0.39, 0.29) is 0 Å². The van der Waals surface area contributed by atoms with E-state index < -0.39 is 0 Å². The molecular weight excluding hydrogens is 272 g/mol. The third-order valence-corrected chi connectivity index (χ3v) is 3.59. The molecule has 2 aromatic heterocycles. The first-order valence-electron chi connectivity index (χ1n) is 6.86. The summed E-state index contributed by atoms with van der Waals surface area (Å²) in [4.78, 5) is 13.3. The van der Waals surface area contributed by atoms with Crippen molar-refractivity contribution in [1.82, 2.24) is 15.0 Å². The largest absolute Gasteiger partial charge is 0.436 e. The Morgan fingerprint density at radius 2 is 2.00 bits per heavy atom. The van der Waals surface area contributed by atoms with Crippen LogP contribution >= 0.6 is 11.8 Å². The smallest absolute Gasteiger partial charge is 0.262 e. The number of nitrogens with zero attached hydrogens (tertiary/aromatic N) is 3. The maximum absolute atomic E-state index is 5.58. The molecule has 6 heteroatoms. The van der Waals surface area contributed by atoms with Gasteiger partial charge in [-0.25, -0.2) is 15.0 Å². The summed E-state index contributed by atoms with van der Waals surface area (Å²) in [6, 6.07) is 1.94. The number of aromatic nitrogens is 3. The van der Waals surface area contributed by atoms with Crippen molar-refractivity contribution >= 4 is 17.6 Å². The lowest BCUT2D eigenvalue weighted by Gasteiger charge is -2.07. The van der Waals surface area contributed by atoms with Crippen LogP contribution in [0.5, 0.6) is 0 Å². The highest BCUT2D eigenvalue weighted by atomic mass is 32.2. The van der Waals surface area contributed by atoms with Gasteiger partial charge in [-0.15, -0.1) is 0 Å². The minimum atomic E-state index is 0.627. The Balaban J connectivity index is 2.21. The first kappa shape index (κ1) is 14.8. The number of aryl methyl sites for hydroxylation is 3. The second-order valence-electron chi connectivity index (χ2n) is 4.51. The van der Waals surface area contributed by atoms with Crippen LogP contribution in [0.2, 0.25) is 0 Å². The summed E-state index contributed by atoms with van der Waals surface area (Å²) in [7, 11) is 0. The van der Waals surface area contributed by atoms with Gasteiger partial charge < -0.3 is 9.73 Å². The van der Waals surface area contributed by atoms with E-state index in [2.05, 4.69) is 27.2 Å². The Kier molecular flexibility index (Phi) is 5.00. The first-order chi connectivity index (χ1) is 9.62. The van der Waals surface area contributed by atoms with Crippen LogP contribution in [0.4, 0.5) is 5.82 Å². The molecule has 0 aliphatic heterocycles. The fourth-order valence-corrected chi connectivity index (χ4v) is 2.45. The van der Waals surface area contributed by atoms with Gasteiger partial charge in [-0.3, -0.25) is 0 Å². The van der Waals surface area contributed by atoms with E-state index in [1.165, 1.54) is 11.8 Å². The zero-order chi connectivity index (χ0) is 14.5. The Hall–Kier alpha value is -1.56. The number of oxazole rings is 1. The van der Waals surface area contributed by atoms with E-state index in [1.54, 1.807) is 0 Å². The van der Waals surface area contributed by atoms with Crippen LogP contribution in [0.15, 0.2) is 20.7 Å². The highest BCUT2D eigenvalue weighted by Gasteiger charge is 2.10. The summed E-state index contributed by atoms with van der Waals surface area (Å²) in [5.41, 5.74) is 0.918. The maximum atomic E-state index is 5.58. The van der Waals surface area contributed by atoms with E-state index in [0.29, 0.717) is 5.22 Å². The van der Waals surface area contributed by atoms with E-state index in [4.69, 9.17) is 4.42 Å². The number of hydrogen-bond acceptors (Lipinski definition) is 6. The van der Waals surface area contributed by atoms with Crippen LogP contribution in [0.25, 0.3) is 0 Å². The molecule has 0 saturated heterocycles. The van der Waals surface area contributed by atoms with Crippen LogP contribution in [-0.4, -0.2) is 21.5 Å². The molecule has 0 aliphatic carbocycles. The molecule has 0 saturated carbocycles. The van der Waals surface area contributed by atoms with Crippen molar-refractivity contribution in [3.63, 3.8) is 0 Å². The van der Waals surface area contributed by atoms with Crippen molar-refractivity contribution in [2.24, 2.45) is 0 Å². The van der Waals surface area contributed by atoms with Gasteiger partial charge in [0.05, 0.1) is 5.69 Å². The topological polar surface area (TPSA) is 63.8 Å². The monoisotopic (exact) mass is 292 g/mol. The van der Waals surface area contributed by atoms with Gasteiger partial charge in [-0.05, 0) is 32.0 Å². The molecule has 2 rings (SSSR count). The fraction of sp³-hybridized carbons (Fsp3) is 0.500. The molecule has 0 aromatic carbocycles. The van der Waals surface area contributed by atoms with Gasteiger partial charge in [-0.1, -0.05) is 13.8 Å². The Morgan fingerprint density at radius 3 is 2.60 bits per heavy atom. The third-order valence-electron chi connectivity index (χ3n) is 2.82. The molecule has 0 spiro atoms. The van der Waals surface area contributed by atoms with E-state index in [9.17, 15) is 0 Å². The molecular formula is C14H20N4OS. The zero-order valence-corrected chi connectivity index (χ0v) is 13.2. The first-order valence-corrected chi connectivity index (χ1v) is 7.67. The highest BCUT2D eigenvalue weighted by molar-refractivity contribution is 7.99. The van der Waals surface area contributed by atoms with Crippen LogP contribution in [0, 0.1) is 13.8 Å². The Bertz CT molecular complexity index is 563. The molecule has 108 valence electrons. The van der Waals surface area contributed by atoms with Crippen molar-refractivity contribution in [3.8, 4) is 0 Å². The van der Waals surface area contributed by atoms with Gasteiger partial charge in [0.15, 0.2) is 0 Å². The van der Waals surface area contributed by atoms with Gasteiger partial charge in [-0.2, -0.15) is 0 Å². The lowest BCUT2D eigenvalue weighted by atomic mass is 10.4. The molecule has 2 aromatic rings. The molecule has 2 heterocycles. The number of nitrogens with one attached hydrogen (secondary N) is 1. The molecule has 1 N–H and O–H groups in total. The summed E-state index contributed by atoms with van der Waals surface area (Å²) in [5, 5.41) is 4.78.